The van der Waals surface area contributed by atoms with Crippen molar-refractivity contribution in [3.8, 4) is 0 Å². The Hall–Kier alpha value is 0.924. The standard InChI is InChI=1S/C12H27N4.CF3.2CH3.2ClH.Ti/c1-5-13-7-2-9-15-11-4-12-16-10-3-8-14-6-1;2-1(3)4;;;;;/h13-15H,1-12H2;;2*1H3;2*1H;/q-1;;;;;;+1. The second-order valence-corrected chi connectivity index (χ2v) is 13.4. The molecule has 4 nitrogen and oxygen atoms in total. The maximum atomic E-state index is 13.4. The Labute approximate surface area is 166 Å². The molecule has 0 saturated carbocycles. The van der Waals surface area contributed by atoms with Gasteiger partial charge in [0.05, 0.1) is 0 Å². The summed E-state index contributed by atoms with van der Waals surface area (Å²) < 4.78 is 38.0. The first-order valence-corrected chi connectivity index (χ1v) is 13.4. The summed E-state index contributed by atoms with van der Waals surface area (Å²) in [7, 11) is 0. The maximum absolute atomic E-state index is 13.4. The molecule has 0 aromatic rings. The molecule has 3 N–H and O–H groups in total. The van der Waals surface area contributed by atoms with E-state index in [1.165, 1.54) is 10.5 Å². The molecule has 0 unspecified atom stereocenters. The van der Waals surface area contributed by atoms with E-state index in [4.69, 9.17) is 0 Å². The quantitative estimate of drug-likeness (QED) is 0.541. The van der Waals surface area contributed by atoms with Crippen LogP contribution in [-0.4, -0.2) is 60.2 Å². The van der Waals surface area contributed by atoms with Gasteiger partial charge in [-0.3, -0.25) is 0 Å². The molecule has 0 aromatic heterocycles. The minimum atomic E-state index is -4.02. The molecule has 1 aliphatic rings. The average molecular weight is 447 g/mol. The summed E-state index contributed by atoms with van der Waals surface area (Å²) in [6, 6.07) is 0. The molecule has 0 atom stereocenters. The summed E-state index contributed by atoms with van der Waals surface area (Å²) in [5, 5.41) is 13.0. The Bertz CT molecular complexity index is 308. The van der Waals surface area contributed by atoms with Crippen molar-refractivity contribution >= 4 is 24.8 Å². The number of hydrogen-bond acceptors (Lipinski definition) is 4. The predicted molar refractivity (Wildman–Crippen MR) is 101 cm³/mol. The van der Waals surface area contributed by atoms with Crippen molar-refractivity contribution in [3.63, 3.8) is 0 Å². The summed E-state index contributed by atoms with van der Waals surface area (Å²) in [6.45, 7) is 6.54. The number of nitrogens with one attached hydrogen (secondary N) is 3. The molecule has 0 spiro atoms. The van der Waals surface area contributed by atoms with Crippen molar-refractivity contribution in [2.24, 2.45) is 0 Å². The van der Waals surface area contributed by atoms with Gasteiger partial charge in [-0.25, -0.2) is 0 Å². The normalized spacial score (nSPS) is 21.0. The van der Waals surface area contributed by atoms with Crippen LogP contribution in [0, 0.1) is 0 Å². The van der Waals surface area contributed by atoms with Crippen LogP contribution in [0.25, 0.3) is 0 Å². The van der Waals surface area contributed by atoms with E-state index in [1.807, 2.05) is 0 Å². The molecule has 0 aliphatic carbocycles. The molecule has 1 saturated heterocycles. The molecular formula is C15H35Cl2F3N4Ti. The van der Waals surface area contributed by atoms with Gasteiger partial charge in [-0.1, -0.05) is 0 Å². The van der Waals surface area contributed by atoms with E-state index in [2.05, 4.69) is 16.0 Å². The number of rotatable bonds is 1. The van der Waals surface area contributed by atoms with Crippen LogP contribution in [0.2, 0.25) is 10.5 Å². The third-order valence-electron chi connectivity index (χ3n) is 4.46. The van der Waals surface area contributed by atoms with Gasteiger partial charge in [0.25, 0.3) is 0 Å². The van der Waals surface area contributed by atoms with Gasteiger partial charge in [0.1, 0.15) is 0 Å². The molecule has 1 fully saturated rings. The molecule has 0 amide bonds. The molecule has 0 radical (unpaired) electrons. The number of halogens is 5. The van der Waals surface area contributed by atoms with Crippen LogP contribution in [0.4, 0.5) is 13.2 Å². The van der Waals surface area contributed by atoms with Gasteiger partial charge in [-0.2, -0.15) is 0 Å². The zero-order chi connectivity index (χ0) is 17.2. The SMILES string of the molecule is Cl.Cl.[CH3][Ti]([CH3])([N]1CCCNCCCNCCCNCCC1)[C](F)(F)F. The molecule has 25 heavy (non-hydrogen) atoms. The Morgan fingerprint density at radius 2 is 1.00 bits per heavy atom. The van der Waals surface area contributed by atoms with Gasteiger partial charge in [0.15, 0.2) is 0 Å². The first-order chi connectivity index (χ1) is 10.9. The minimum absolute atomic E-state index is 0. The molecule has 0 aromatic carbocycles. The fourth-order valence-electron chi connectivity index (χ4n) is 2.69. The number of nitrogens with zero attached hydrogens (tertiary/aromatic N) is 1. The third-order valence-corrected chi connectivity index (χ3v) is 9.80. The summed E-state index contributed by atoms with van der Waals surface area (Å²) >= 11 is -3.97. The van der Waals surface area contributed by atoms with Crippen LogP contribution < -0.4 is 16.0 Å². The molecule has 1 heterocycles. The first-order valence-electron chi connectivity index (χ1n) is 8.79. The van der Waals surface area contributed by atoms with Gasteiger partial charge in [0.2, 0.25) is 0 Å². The average Bonchev–Trinajstić information content (AvgIpc) is 2.46. The summed E-state index contributed by atoms with van der Waals surface area (Å²) in [6.07, 6.45) is 3.68. The van der Waals surface area contributed by atoms with Crippen molar-refractivity contribution in [3.05, 3.63) is 0 Å². The van der Waals surface area contributed by atoms with E-state index in [0.29, 0.717) is 13.1 Å². The van der Waals surface area contributed by atoms with Crippen molar-refractivity contribution in [2.45, 2.75) is 40.6 Å². The van der Waals surface area contributed by atoms with E-state index in [1.54, 1.807) is 3.38 Å². The number of hydrogen-bond donors (Lipinski definition) is 3. The van der Waals surface area contributed by atoms with Gasteiger partial charge in [-0.15, -0.1) is 24.8 Å². The van der Waals surface area contributed by atoms with E-state index in [0.717, 1.165) is 65.0 Å². The van der Waals surface area contributed by atoms with E-state index >= 15 is 0 Å². The Kier molecular flexibility index (Phi) is 16.8. The Balaban J connectivity index is 0. The van der Waals surface area contributed by atoms with E-state index in [9.17, 15) is 13.2 Å². The van der Waals surface area contributed by atoms with Crippen molar-refractivity contribution in [2.75, 3.05) is 52.4 Å². The fourth-order valence-corrected chi connectivity index (χ4v) is 5.49. The van der Waals surface area contributed by atoms with Crippen molar-refractivity contribution in [1.82, 2.24) is 19.3 Å². The van der Waals surface area contributed by atoms with Gasteiger partial charge in [-0.05, 0) is 0 Å². The zero-order valence-corrected chi connectivity index (χ0v) is 18.6. The van der Waals surface area contributed by atoms with Crippen LogP contribution in [0.15, 0.2) is 0 Å². The molecule has 1 rings (SSSR count). The van der Waals surface area contributed by atoms with Crippen molar-refractivity contribution < 1.29 is 30.0 Å². The Morgan fingerprint density at radius 3 is 1.32 bits per heavy atom. The summed E-state index contributed by atoms with van der Waals surface area (Å²) in [4.78, 5) is 0. The van der Waals surface area contributed by atoms with Gasteiger partial charge >= 0.3 is 142 Å². The van der Waals surface area contributed by atoms with E-state index < -0.39 is 21.3 Å². The first kappa shape index (κ1) is 28.1. The third kappa shape index (κ3) is 11.4. The summed E-state index contributed by atoms with van der Waals surface area (Å²) in [5.41, 5.74) is 0. The van der Waals surface area contributed by atoms with Crippen LogP contribution in [0.5, 0.6) is 0 Å². The fraction of sp³-hybridized carbons (Fsp3) is 1.00. The molecule has 0 bridgehead atoms. The van der Waals surface area contributed by atoms with Gasteiger partial charge in [0, 0.05) is 0 Å². The van der Waals surface area contributed by atoms with Crippen LogP contribution >= 0.6 is 24.8 Å². The van der Waals surface area contributed by atoms with Crippen LogP contribution in [0.3, 0.4) is 0 Å². The van der Waals surface area contributed by atoms with Crippen LogP contribution in [-0.2, 0) is 16.8 Å². The predicted octanol–water partition coefficient (Wildman–Crippen LogP) is 3.16. The molecular weight excluding hydrogens is 412 g/mol. The van der Waals surface area contributed by atoms with Gasteiger partial charge < -0.3 is 0 Å². The molecule has 154 valence electrons. The monoisotopic (exact) mass is 446 g/mol. The van der Waals surface area contributed by atoms with Crippen molar-refractivity contribution in [1.29, 1.82) is 0 Å². The van der Waals surface area contributed by atoms with E-state index in [-0.39, 0.29) is 24.8 Å². The molecule has 1 aliphatic heterocycles. The topological polar surface area (TPSA) is 39.3 Å². The summed E-state index contributed by atoms with van der Waals surface area (Å²) in [5.74, 6) is 0. The Morgan fingerprint density at radius 1 is 0.680 bits per heavy atom. The van der Waals surface area contributed by atoms with Crippen LogP contribution in [0.1, 0.15) is 25.7 Å². The second-order valence-electron chi connectivity index (χ2n) is 6.71. The zero-order valence-electron chi connectivity index (χ0n) is 15.4. The molecule has 10 heteroatoms. The second kappa shape index (κ2) is 14.9. The number of alkyl halides is 3.